The molecule has 1 aromatic carbocycles. The van der Waals surface area contributed by atoms with Crippen LogP contribution in [0.1, 0.15) is 89.8 Å². The maximum absolute atomic E-state index is 15.2. The normalized spacial score (nSPS) is 18.9. The molecule has 2 fully saturated rings. The van der Waals surface area contributed by atoms with Crippen LogP contribution < -0.4 is 4.90 Å². The smallest absolute Gasteiger partial charge is 0.229 e. The molecule has 2 aliphatic rings. The molecule has 0 saturated heterocycles. The molecule has 0 radical (unpaired) electrons. The monoisotopic (exact) mass is 415 g/mol. The van der Waals surface area contributed by atoms with Gasteiger partial charge in [-0.2, -0.15) is 0 Å². The summed E-state index contributed by atoms with van der Waals surface area (Å²) < 4.78 is 17.4. The topological polar surface area (TPSA) is 58.4 Å². The minimum atomic E-state index is -1.08. The number of amides is 1. The summed E-state index contributed by atoms with van der Waals surface area (Å²) in [6, 6.07) is 1.72. The molecular formula is C24H34FN3O2. The Hall–Kier alpha value is -1.95. The van der Waals surface area contributed by atoms with Crippen molar-refractivity contribution in [2.75, 3.05) is 11.9 Å². The number of rotatable bonds is 5. The second-order valence-electron chi connectivity index (χ2n) is 10.4. The van der Waals surface area contributed by atoms with Crippen molar-refractivity contribution in [3.8, 4) is 0 Å². The second kappa shape index (κ2) is 7.33. The molecule has 0 aliphatic heterocycles. The molecule has 6 heteroatoms. The van der Waals surface area contributed by atoms with Gasteiger partial charge in [0.15, 0.2) is 0 Å². The zero-order valence-electron chi connectivity index (χ0n) is 18.9. The number of hydrogen-bond acceptors (Lipinski definition) is 3. The van der Waals surface area contributed by atoms with Crippen LogP contribution in [0.15, 0.2) is 6.07 Å². The minimum absolute atomic E-state index is 0.00902. The highest BCUT2D eigenvalue weighted by atomic mass is 19.1. The highest BCUT2D eigenvalue weighted by Crippen LogP contribution is 2.47. The summed E-state index contributed by atoms with van der Waals surface area (Å²) in [4.78, 5) is 19.4. The van der Waals surface area contributed by atoms with Crippen LogP contribution in [0.3, 0.4) is 0 Å². The van der Waals surface area contributed by atoms with Crippen molar-refractivity contribution in [3.05, 3.63) is 23.0 Å². The Kier molecular flexibility index (Phi) is 5.20. The van der Waals surface area contributed by atoms with Gasteiger partial charge in [0.2, 0.25) is 11.9 Å². The van der Waals surface area contributed by atoms with E-state index in [2.05, 4.69) is 4.57 Å². The highest BCUT2D eigenvalue weighted by molar-refractivity contribution is 5.94. The fourth-order valence-corrected chi connectivity index (χ4v) is 4.81. The SMILES string of the molecule is CCc1c(C2(O)CCC2)c(F)cc2nc(N(C)C(=O)CC(C)(C)C)n(C3CCC3)c12. The van der Waals surface area contributed by atoms with Crippen LogP contribution in [0.5, 0.6) is 0 Å². The van der Waals surface area contributed by atoms with Crippen LogP contribution in [0.25, 0.3) is 11.0 Å². The van der Waals surface area contributed by atoms with Gasteiger partial charge in [-0.1, -0.05) is 27.7 Å². The lowest BCUT2D eigenvalue weighted by molar-refractivity contribution is -0.120. The Morgan fingerprint density at radius 3 is 2.47 bits per heavy atom. The highest BCUT2D eigenvalue weighted by Gasteiger charge is 2.42. The Balaban J connectivity index is 1.91. The van der Waals surface area contributed by atoms with E-state index in [-0.39, 0.29) is 23.2 Å². The third kappa shape index (κ3) is 3.43. The van der Waals surface area contributed by atoms with Gasteiger partial charge in [-0.15, -0.1) is 0 Å². The Bertz CT molecular complexity index is 981. The van der Waals surface area contributed by atoms with E-state index in [0.29, 0.717) is 42.7 Å². The molecule has 164 valence electrons. The number of imidazole rings is 1. The number of benzene rings is 1. The molecule has 4 rings (SSSR count). The Labute approximate surface area is 178 Å². The maximum atomic E-state index is 15.2. The number of aliphatic hydroxyl groups is 1. The van der Waals surface area contributed by atoms with Crippen molar-refractivity contribution < 1.29 is 14.3 Å². The minimum Gasteiger partial charge on any atom is -0.385 e. The van der Waals surface area contributed by atoms with Gasteiger partial charge in [0, 0.05) is 31.1 Å². The van der Waals surface area contributed by atoms with Crippen molar-refractivity contribution in [1.82, 2.24) is 9.55 Å². The lowest BCUT2D eigenvalue weighted by Gasteiger charge is -2.39. The molecule has 2 aliphatic carbocycles. The van der Waals surface area contributed by atoms with Gasteiger partial charge in [-0.05, 0) is 55.9 Å². The molecular weight excluding hydrogens is 381 g/mol. The number of carbonyl (C=O) groups is 1. The first-order valence-electron chi connectivity index (χ1n) is 11.3. The summed E-state index contributed by atoms with van der Waals surface area (Å²) >= 11 is 0. The zero-order valence-corrected chi connectivity index (χ0v) is 18.9. The van der Waals surface area contributed by atoms with Crippen molar-refractivity contribution in [2.45, 2.75) is 90.7 Å². The lowest BCUT2D eigenvalue weighted by Crippen LogP contribution is -2.36. The molecule has 0 atom stereocenters. The van der Waals surface area contributed by atoms with E-state index in [0.717, 1.165) is 36.8 Å². The van der Waals surface area contributed by atoms with Gasteiger partial charge in [-0.25, -0.2) is 9.37 Å². The molecule has 2 aromatic rings. The third-order valence-corrected chi connectivity index (χ3v) is 6.80. The van der Waals surface area contributed by atoms with E-state index in [1.807, 2.05) is 27.7 Å². The predicted molar refractivity (Wildman–Crippen MR) is 117 cm³/mol. The number of aryl methyl sites for hydroxylation is 1. The summed E-state index contributed by atoms with van der Waals surface area (Å²) in [5.74, 6) is 0.223. The quantitative estimate of drug-likeness (QED) is 0.727. The number of anilines is 1. The second-order valence-corrected chi connectivity index (χ2v) is 10.4. The molecule has 1 amide bonds. The molecule has 1 N–H and O–H groups in total. The van der Waals surface area contributed by atoms with E-state index < -0.39 is 5.60 Å². The number of carbonyl (C=O) groups excluding carboxylic acids is 1. The number of fused-ring (bicyclic) bond motifs is 1. The van der Waals surface area contributed by atoms with Gasteiger partial charge in [-0.3, -0.25) is 9.69 Å². The van der Waals surface area contributed by atoms with Crippen molar-refractivity contribution >= 4 is 22.9 Å². The Morgan fingerprint density at radius 1 is 1.33 bits per heavy atom. The Morgan fingerprint density at radius 2 is 2.00 bits per heavy atom. The lowest BCUT2D eigenvalue weighted by atomic mass is 9.72. The fraction of sp³-hybridized carbons (Fsp3) is 0.667. The van der Waals surface area contributed by atoms with Gasteiger partial charge in [0.25, 0.3) is 0 Å². The molecule has 2 saturated carbocycles. The van der Waals surface area contributed by atoms with Crippen LogP contribution in [-0.2, 0) is 16.8 Å². The van der Waals surface area contributed by atoms with Crippen molar-refractivity contribution in [3.63, 3.8) is 0 Å². The molecule has 0 unspecified atom stereocenters. The predicted octanol–water partition coefficient (Wildman–Crippen LogP) is 5.23. The van der Waals surface area contributed by atoms with Crippen LogP contribution >= 0.6 is 0 Å². The molecule has 30 heavy (non-hydrogen) atoms. The largest absolute Gasteiger partial charge is 0.385 e. The van der Waals surface area contributed by atoms with Crippen LogP contribution in [0.2, 0.25) is 0 Å². The number of hydrogen-bond donors (Lipinski definition) is 1. The standard InChI is InChI=1S/C24H34FN3O2/c1-6-16-20(24(30)11-8-12-24)17(25)13-18-21(16)28(15-9-7-10-15)22(26-18)27(5)19(29)14-23(2,3)4/h13,15,30H,6-12,14H2,1-5H3. The van der Waals surface area contributed by atoms with E-state index in [1.54, 1.807) is 11.9 Å². The zero-order chi connectivity index (χ0) is 21.8. The van der Waals surface area contributed by atoms with Gasteiger partial charge in [0.05, 0.1) is 16.6 Å². The van der Waals surface area contributed by atoms with Crippen molar-refractivity contribution in [2.24, 2.45) is 5.41 Å². The third-order valence-electron chi connectivity index (χ3n) is 6.80. The van der Waals surface area contributed by atoms with Crippen LogP contribution in [0.4, 0.5) is 10.3 Å². The molecule has 0 bridgehead atoms. The molecule has 1 aromatic heterocycles. The molecule has 0 spiro atoms. The fourth-order valence-electron chi connectivity index (χ4n) is 4.81. The number of aromatic nitrogens is 2. The average Bonchev–Trinajstić information content (AvgIpc) is 2.93. The first-order valence-corrected chi connectivity index (χ1v) is 11.3. The number of nitrogens with zero attached hydrogens (tertiary/aromatic N) is 3. The first-order chi connectivity index (χ1) is 14.1. The summed E-state index contributed by atoms with van der Waals surface area (Å²) in [6.45, 7) is 8.14. The van der Waals surface area contributed by atoms with E-state index in [9.17, 15) is 9.90 Å². The summed E-state index contributed by atoms with van der Waals surface area (Å²) in [7, 11) is 1.77. The molecule has 5 nitrogen and oxygen atoms in total. The van der Waals surface area contributed by atoms with Gasteiger partial charge >= 0.3 is 0 Å². The summed E-state index contributed by atoms with van der Waals surface area (Å²) in [5.41, 5.74) is 1.55. The molecule has 1 heterocycles. The van der Waals surface area contributed by atoms with Crippen LogP contribution in [0, 0.1) is 11.2 Å². The number of halogens is 1. The summed E-state index contributed by atoms with van der Waals surface area (Å²) in [6.07, 6.45) is 6.32. The van der Waals surface area contributed by atoms with Gasteiger partial charge in [0.1, 0.15) is 5.82 Å². The maximum Gasteiger partial charge on any atom is 0.229 e. The van der Waals surface area contributed by atoms with Crippen LogP contribution in [-0.4, -0.2) is 27.6 Å². The average molecular weight is 416 g/mol. The van der Waals surface area contributed by atoms with E-state index >= 15 is 4.39 Å². The van der Waals surface area contributed by atoms with E-state index in [1.165, 1.54) is 6.07 Å². The van der Waals surface area contributed by atoms with Gasteiger partial charge < -0.3 is 9.67 Å². The van der Waals surface area contributed by atoms with Crippen molar-refractivity contribution in [1.29, 1.82) is 0 Å². The van der Waals surface area contributed by atoms with E-state index in [4.69, 9.17) is 4.98 Å². The first kappa shape index (κ1) is 21.3. The summed E-state index contributed by atoms with van der Waals surface area (Å²) in [5, 5.41) is 11.0.